The molecule has 0 bridgehead atoms. The van der Waals surface area contributed by atoms with Crippen LogP contribution in [0.4, 0.5) is 5.82 Å². The fourth-order valence-corrected chi connectivity index (χ4v) is 3.31. The van der Waals surface area contributed by atoms with E-state index in [2.05, 4.69) is 15.1 Å². The van der Waals surface area contributed by atoms with Gasteiger partial charge in [0.15, 0.2) is 5.69 Å². The summed E-state index contributed by atoms with van der Waals surface area (Å²) in [4.78, 5) is 22.9. The number of anilines is 1. The number of morpholine rings is 1. The number of hydrogen-bond acceptors (Lipinski definition) is 7. The molecule has 8 heteroatoms. The number of aryl methyl sites for hydroxylation is 1. The lowest BCUT2D eigenvalue weighted by atomic mass is 9.96. The first-order valence-electron chi connectivity index (χ1n) is 8.18. The van der Waals surface area contributed by atoms with Gasteiger partial charge in [-0.05, 0) is 19.3 Å². The highest BCUT2D eigenvalue weighted by molar-refractivity contribution is 5.94. The molecule has 4 rings (SSSR count). The van der Waals surface area contributed by atoms with Gasteiger partial charge in [0.2, 0.25) is 0 Å². The average Bonchev–Trinajstić information content (AvgIpc) is 3.06. The second kappa shape index (κ2) is 6.20. The Morgan fingerprint density at radius 3 is 2.96 bits per heavy atom. The summed E-state index contributed by atoms with van der Waals surface area (Å²) in [6.45, 7) is 1.31. The number of aromatic nitrogens is 3. The number of rotatable bonds is 2. The second-order valence-electron chi connectivity index (χ2n) is 6.08. The normalized spacial score (nSPS) is 20.7. The lowest BCUT2D eigenvalue weighted by Crippen LogP contribution is -2.43. The van der Waals surface area contributed by atoms with E-state index in [-0.39, 0.29) is 12.0 Å². The Kier molecular flexibility index (Phi) is 3.89. The van der Waals surface area contributed by atoms with Crippen LogP contribution in [0.2, 0.25) is 0 Å². The molecule has 1 aliphatic heterocycles. The molecule has 126 valence electrons. The minimum Gasteiger partial charge on any atom is -0.382 e. The summed E-state index contributed by atoms with van der Waals surface area (Å²) >= 11 is 0. The third-order valence-electron chi connectivity index (χ3n) is 4.57. The Hall–Kier alpha value is -2.48. The molecular formula is C16H19N5O3. The van der Waals surface area contributed by atoms with Gasteiger partial charge in [-0.25, -0.2) is 4.98 Å². The molecule has 0 spiro atoms. The van der Waals surface area contributed by atoms with E-state index in [4.69, 9.17) is 15.0 Å². The number of amides is 1. The molecule has 1 fully saturated rings. The summed E-state index contributed by atoms with van der Waals surface area (Å²) in [5.41, 5.74) is 7.85. The highest BCUT2D eigenvalue weighted by atomic mass is 16.5. The molecule has 1 unspecified atom stereocenters. The third kappa shape index (κ3) is 2.62. The molecule has 2 aromatic heterocycles. The molecule has 0 aromatic carbocycles. The van der Waals surface area contributed by atoms with E-state index in [9.17, 15) is 4.79 Å². The first-order valence-corrected chi connectivity index (χ1v) is 8.18. The maximum absolute atomic E-state index is 12.9. The van der Waals surface area contributed by atoms with E-state index >= 15 is 0 Å². The van der Waals surface area contributed by atoms with E-state index in [0.717, 1.165) is 37.0 Å². The molecule has 3 heterocycles. The highest BCUT2D eigenvalue weighted by Gasteiger charge is 2.32. The highest BCUT2D eigenvalue weighted by Crippen LogP contribution is 2.28. The molecule has 1 amide bonds. The summed E-state index contributed by atoms with van der Waals surface area (Å²) < 4.78 is 11.1. The molecule has 1 saturated heterocycles. The average molecular weight is 329 g/mol. The van der Waals surface area contributed by atoms with Gasteiger partial charge in [0.05, 0.1) is 13.2 Å². The largest absolute Gasteiger partial charge is 0.382 e. The van der Waals surface area contributed by atoms with Crippen LogP contribution >= 0.6 is 0 Å². The maximum Gasteiger partial charge on any atom is 0.276 e. The molecule has 0 saturated carbocycles. The topological polar surface area (TPSA) is 107 Å². The molecule has 2 aromatic rings. The van der Waals surface area contributed by atoms with Crippen molar-refractivity contribution in [2.45, 2.75) is 31.8 Å². The zero-order valence-corrected chi connectivity index (χ0v) is 13.3. The molecule has 0 radical (unpaired) electrons. The fraction of sp³-hybridized carbons (Fsp3) is 0.500. The van der Waals surface area contributed by atoms with Crippen molar-refractivity contribution in [3.63, 3.8) is 0 Å². The summed E-state index contributed by atoms with van der Waals surface area (Å²) in [6.07, 6.45) is 6.59. The van der Waals surface area contributed by atoms with Crippen LogP contribution in [0.3, 0.4) is 0 Å². The summed E-state index contributed by atoms with van der Waals surface area (Å²) in [6, 6.07) is 0. The maximum atomic E-state index is 12.9. The van der Waals surface area contributed by atoms with Gasteiger partial charge in [-0.1, -0.05) is 5.16 Å². The first kappa shape index (κ1) is 15.1. The van der Waals surface area contributed by atoms with Gasteiger partial charge < -0.3 is 19.9 Å². The monoisotopic (exact) mass is 329 g/mol. The lowest BCUT2D eigenvalue weighted by Gasteiger charge is -2.32. The number of fused-ring (bicyclic) bond motifs is 1. The number of hydrogen-bond donors (Lipinski definition) is 1. The predicted octanol–water partition coefficient (Wildman–Crippen LogP) is 1.14. The van der Waals surface area contributed by atoms with Gasteiger partial charge in [0.25, 0.3) is 5.91 Å². The molecule has 1 atom stereocenters. The van der Waals surface area contributed by atoms with Crippen LogP contribution in [-0.2, 0) is 17.6 Å². The van der Waals surface area contributed by atoms with Crippen molar-refractivity contribution in [3.8, 4) is 0 Å². The van der Waals surface area contributed by atoms with Crippen molar-refractivity contribution < 1.29 is 14.1 Å². The van der Waals surface area contributed by atoms with Crippen LogP contribution < -0.4 is 5.73 Å². The fourth-order valence-electron chi connectivity index (χ4n) is 3.31. The van der Waals surface area contributed by atoms with Crippen LogP contribution in [0.5, 0.6) is 0 Å². The van der Waals surface area contributed by atoms with E-state index in [1.165, 1.54) is 6.20 Å². The Bertz CT molecular complexity index is 760. The molecule has 2 N–H and O–H groups in total. The Morgan fingerprint density at radius 1 is 1.25 bits per heavy atom. The van der Waals surface area contributed by atoms with Crippen molar-refractivity contribution in [2.75, 3.05) is 25.4 Å². The van der Waals surface area contributed by atoms with Crippen molar-refractivity contribution in [1.29, 1.82) is 0 Å². The SMILES string of the molecule is Nc1nccnc1C1CN(C(=O)c2noc3c2CCCC3)CCO1. The van der Waals surface area contributed by atoms with Crippen LogP contribution in [0.25, 0.3) is 0 Å². The van der Waals surface area contributed by atoms with Crippen LogP contribution in [0.1, 0.15) is 46.5 Å². The number of nitrogen functional groups attached to an aromatic ring is 1. The number of carbonyl (C=O) groups excluding carboxylic acids is 1. The van der Waals surface area contributed by atoms with Crippen LogP contribution in [0, 0.1) is 0 Å². The van der Waals surface area contributed by atoms with Crippen LogP contribution in [0.15, 0.2) is 16.9 Å². The van der Waals surface area contributed by atoms with E-state index < -0.39 is 0 Å². The van der Waals surface area contributed by atoms with Gasteiger partial charge in [-0.3, -0.25) is 9.78 Å². The van der Waals surface area contributed by atoms with Crippen molar-refractivity contribution in [3.05, 3.63) is 35.1 Å². The van der Waals surface area contributed by atoms with Crippen molar-refractivity contribution in [2.24, 2.45) is 0 Å². The Labute approximate surface area is 139 Å². The van der Waals surface area contributed by atoms with Gasteiger partial charge in [-0.2, -0.15) is 0 Å². The number of nitrogens with two attached hydrogens (primary N) is 1. The van der Waals surface area contributed by atoms with Gasteiger partial charge in [-0.15, -0.1) is 0 Å². The second-order valence-corrected chi connectivity index (χ2v) is 6.08. The summed E-state index contributed by atoms with van der Waals surface area (Å²) in [5, 5.41) is 4.03. The van der Waals surface area contributed by atoms with Crippen molar-refractivity contribution in [1.82, 2.24) is 20.0 Å². The molecule has 8 nitrogen and oxygen atoms in total. The Balaban J connectivity index is 1.55. The third-order valence-corrected chi connectivity index (χ3v) is 4.57. The standard InChI is InChI=1S/C16H19N5O3/c17-15-14(18-5-6-19-15)12-9-21(7-8-23-12)16(22)13-10-3-1-2-4-11(10)24-20-13/h5-6,12H,1-4,7-9H2,(H2,17,19). The quantitative estimate of drug-likeness (QED) is 0.880. The first-order chi connectivity index (χ1) is 11.7. The zero-order valence-electron chi connectivity index (χ0n) is 13.3. The molecular weight excluding hydrogens is 310 g/mol. The van der Waals surface area contributed by atoms with Gasteiger partial charge in [0, 0.05) is 30.9 Å². The molecule has 2 aliphatic rings. The molecule has 24 heavy (non-hydrogen) atoms. The van der Waals surface area contributed by atoms with Gasteiger partial charge in [0.1, 0.15) is 23.4 Å². The predicted molar refractivity (Wildman–Crippen MR) is 84.2 cm³/mol. The summed E-state index contributed by atoms with van der Waals surface area (Å²) in [5.74, 6) is 1.07. The Morgan fingerprint density at radius 2 is 2.08 bits per heavy atom. The van der Waals surface area contributed by atoms with E-state index in [0.29, 0.717) is 36.9 Å². The molecule has 1 aliphatic carbocycles. The lowest BCUT2D eigenvalue weighted by molar-refractivity contribution is -0.0248. The minimum absolute atomic E-state index is 0.113. The van der Waals surface area contributed by atoms with Gasteiger partial charge >= 0.3 is 0 Å². The van der Waals surface area contributed by atoms with E-state index in [1.807, 2.05) is 0 Å². The van der Waals surface area contributed by atoms with Crippen molar-refractivity contribution >= 4 is 11.7 Å². The number of ether oxygens (including phenoxy) is 1. The van der Waals surface area contributed by atoms with E-state index in [1.54, 1.807) is 11.1 Å². The minimum atomic E-state index is -0.376. The van der Waals surface area contributed by atoms with Crippen LogP contribution in [-0.4, -0.2) is 45.6 Å². The zero-order chi connectivity index (χ0) is 16.5. The number of carbonyl (C=O) groups is 1. The smallest absolute Gasteiger partial charge is 0.276 e. The number of nitrogens with zero attached hydrogens (tertiary/aromatic N) is 4. The summed E-state index contributed by atoms with van der Waals surface area (Å²) in [7, 11) is 0.